The van der Waals surface area contributed by atoms with Crippen molar-refractivity contribution in [1.82, 2.24) is 4.31 Å². The fourth-order valence-corrected chi connectivity index (χ4v) is 5.57. The average molecular weight is 313 g/mol. The largest absolute Gasteiger partial charge is 0.341 e. The van der Waals surface area contributed by atoms with Crippen LogP contribution in [0.25, 0.3) is 0 Å². The van der Waals surface area contributed by atoms with Gasteiger partial charge in [0.25, 0.3) is 10.0 Å². The Morgan fingerprint density at radius 2 is 1.56 bits per heavy atom. The molecular formula is C9H12FNO4S3. The quantitative estimate of drug-likeness (QED) is 0.794. The van der Waals surface area contributed by atoms with Crippen molar-refractivity contribution in [3.05, 3.63) is 12.1 Å². The SMILES string of the molecule is O=S(=O)(F)c1ccc(S(=O)(=O)N2CCCCC2)s1. The summed E-state index contributed by atoms with van der Waals surface area (Å²) in [5.41, 5.74) is 0. The van der Waals surface area contributed by atoms with Gasteiger partial charge in [-0.2, -0.15) is 12.7 Å². The first-order chi connectivity index (χ1) is 8.32. The van der Waals surface area contributed by atoms with Gasteiger partial charge in [0.2, 0.25) is 0 Å². The summed E-state index contributed by atoms with van der Waals surface area (Å²) in [6.45, 7) is 0.857. The van der Waals surface area contributed by atoms with Crippen LogP contribution >= 0.6 is 11.3 Å². The van der Waals surface area contributed by atoms with Gasteiger partial charge in [-0.3, -0.25) is 0 Å². The van der Waals surface area contributed by atoms with Gasteiger partial charge in [-0.05, 0) is 25.0 Å². The summed E-state index contributed by atoms with van der Waals surface area (Å²) in [6.07, 6.45) is 2.57. The summed E-state index contributed by atoms with van der Waals surface area (Å²) >= 11 is 0.448. The summed E-state index contributed by atoms with van der Waals surface area (Å²) in [6, 6.07) is 2.12. The fraction of sp³-hybridized carbons (Fsp3) is 0.556. The Morgan fingerprint density at radius 3 is 2.06 bits per heavy atom. The Bertz CT molecular complexity index is 629. The Labute approximate surface area is 109 Å². The minimum atomic E-state index is -4.84. The molecule has 5 nitrogen and oxygen atoms in total. The van der Waals surface area contributed by atoms with E-state index in [0.717, 1.165) is 31.4 Å². The van der Waals surface area contributed by atoms with Crippen molar-refractivity contribution >= 4 is 31.6 Å². The molecule has 1 aromatic rings. The molecule has 0 atom stereocenters. The lowest BCUT2D eigenvalue weighted by Gasteiger charge is -2.24. The molecule has 0 radical (unpaired) electrons. The van der Waals surface area contributed by atoms with Crippen molar-refractivity contribution in [2.75, 3.05) is 13.1 Å². The molecule has 1 aliphatic heterocycles. The van der Waals surface area contributed by atoms with E-state index in [1.807, 2.05) is 0 Å². The van der Waals surface area contributed by atoms with Gasteiger partial charge in [-0.1, -0.05) is 10.3 Å². The van der Waals surface area contributed by atoms with Crippen molar-refractivity contribution in [2.24, 2.45) is 0 Å². The van der Waals surface area contributed by atoms with Gasteiger partial charge in [-0.25, -0.2) is 8.42 Å². The first-order valence-electron chi connectivity index (χ1n) is 5.36. The molecule has 1 saturated heterocycles. The maximum atomic E-state index is 12.7. The van der Waals surface area contributed by atoms with Crippen molar-refractivity contribution in [2.45, 2.75) is 27.7 Å². The highest BCUT2D eigenvalue weighted by Gasteiger charge is 2.29. The summed E-state index contributed by atoms with van der Waals surface area (Å²) in [7, 11) is -8.52. The molecule has 18 heavy (non-hydrogen) atoms. The summed E-state index contributed by atoms with van der Waals surface area (Å²) < 4.78 is 59.0. The predicted molar refractivity (Wildman–Crippen MR) is 65.2 cm³/mol. The fourth-order valence-electron chi connectivity index (χ4n) is 1.81. The van der Waals surface area contributed by atoms with Gasteiger partial charge in [0.1, 0.15) is 4.21 Å². The molecule has 0 saturated carbocycles. The normalized spacial score (nSPS) is 18.9. The third-order valence-electron chi connectivity index (χ3n) is 2.71. The number of nitrogens with zero attached hydrogens (tertiary/aromatic N) is 1. The molecule has 9 heteroatoms. The Hall–Kier alpha value is -0.510. The number of hydrogen-bond donors (Lipinski definition) is 0. The van der Waals surface area contributed by atoms with Crippen molar-refractivity contribution in [3.8, 4) is 0 Å². The smallest absolute Gasteiger partial charge is 0.206 e. The van der Waals surface area contributed by atoms with Crippen LogP contribution in [-0.4, -0.2) is 34.2 Å². The summed E-state index contributed by atoms with van der Waals surface area (Å²) in [4.78, 5) is 0. The number of rotatable bonds is 3. The van der Waals surface area contributed by atoms with E-state index in [-0.39, 0.29) is 4.21 Å². The van der Waals surface area contributed by atoms with Crippen LogP contribution in [0.15, 0.2) is 20.6 Å². The zero-order valence-corrected chi connectivity index (χ0v) is 11.8. The second kappa shape index (κ2) is 4.87. The van der Waals surface area contributed by atoms with Crippen LogP contribution in [-0.2, 0) is 20.2 Å². The second-order valence-electron chi connectivity index (χ2n) is 3.98. The van der Waals surface area contributed by atoms with E-state index in [4.69, 9.17) is 0 Å². The van der Waals surface area contributed by atoms with E-state index in [1.54, 1.807) is 0 Å². The third kappa shape index (κ3) is 2.73. The van der Waals surface area contributed by atoms with Crippen LogP contribution in [0.3, 0.4) is 0 Å². The monoisotopic (exact) mass is 313 g/mol. The molecule has 1 fully saturated rings. The first kappa shape index (κ1) is 13.9. The van der Waals surface area contributed by atoms with Gasteiger partial charge in [0, 0.05) is 13.1 Å². The lowest BCUT2D eigenvalue weighted by Crippen LogP contribution is -2.35. The van der Waals surface area contributed by atoms with E-state index in [0.29, 0.717) is 24.4 Å². The topological polar surface area (TPSA) is 71.5 Å². The Morgan fingerprint density at radius 1 is 1.00 bits per heavy atom. The van der Waals surface area contributed by atoms with Crippen LogP contribution in [0.5, 0.6) is 0 Å². The van der Waals surface area contributed by atoms with Crippen molar-refractivity contribution < 1.29 is 20.7 Å². The summed E-state index contributed by atoms with van der Waals surface area (Å²) in [5.74, 6) is 0. The zero-order valence-electron chi connectivity index (χ0n) is 9.37. The van der Waals surface area contributed by atoms with Crippen LogP contribution < -0.4 is 0 Å². The highest BCUT2D eigenvalue weighted by atomic mass is 32.3. The molecule has 0 N–H and O–H groups in total. The highest BCUT2D eigenvalue weighted by molar-refractivity contribution is 7.92. The van der Waals surface area contributed by atoms with Crippen molar-refractivity contribution in [1.29, 1.82) is 0 Å². The van der Waals surface area contributed by atoms with Gasteiger partial charge in [0.05, 0.1) is 0 Å². The summed E-state index contributed by atoms with van der Waals surface area (Å²) in [5, 5.41) is 0. The van der Waals surface area contributed by atoms with Gasteiger partial charge < -0.3 is 0 Å². The lowest BCUT2D eigenvalue weighted by molar-refractivity contribution is 0.347. The number of halogens is 1. The molecular weight excluding hydrogens is 301 g/mol. The zero-order chi connectivity index (χ0) is 13.4. The number of piperidine rings is 1. The molecule has 0 aromatic carbocycles. The van der Waals surface area contributed by atoms with E-state index in [2.05, 4.69) is 0 Å². The molecule has 0 amide bonds. The Balaban J connectivity index is 2.33. The molecule has 0 aliphatic carbocycles. The minimum absolute atomic E-state index is 0.124. The van der Waals surface area contributed by atoms with Gasteiger partial charge >= 0.3 is 10.2 Å². The predicted octanol–water partition coefficient (Wildman–Crippen LogP) is 1.58. The van der Waals surface area contributed by atoms with Crippen LogP contribution in [0.1, 0.15) is 19.3 Å². The molecule has 0 spiro atoms. The highest BCUT2D eigenvalue weighted by Crippen LogP contribution is 2.30. The average Bonchev–Trinajstić information content (AvgIpc) is 2.79. The van der Waals surface area contributed by atoms with E-state index in [1.165, 1.54) is 4.31 Å². The van der Waals surface area contributed by atoms with Crippen LogP contribution in [0.2, 0.25) is 0 Å². The van der Waals surface area contributed by atoms with E-state index < -0.39 is 24.5 Å². The first-order valence-corrected chi connectivity index (χ1v) is 9.00. The minimum Gasteiger partial charge on any atom is -0.206 e. The molecule has 0 bridgehead atoms. The van der Waals surface area contributed by atoms with E-state index >= 15 is 0 Å². The maximum absolute atomic E-state index is 12.7. The number of thiophene rings is 1. The lowest BCUT2D eigenvalue weighted by atomic mass is 10.2. The maximum Gasteiger partial charge on any atom is 0.341 e. The molecule has 1 aliphatic rings. The molecule has 2 heterocycles. The van der Waals surface area contributed by atoms with Crippen molar-refractivity contribution in [3.63, 3.8) is 0 Å². The van der Waals surface area contributed by atoms with Crippen LogP contribution in [0, 0.1) is 0 Å². The third-order valence-corrected chi connectivity index (χ3v) is 7.42. The van der Waals surface area contributed by atoms with Gasteiger partial charge in [-0.15, -0.1) is 11.3 Å². The molecule has 0 unspecified atom stereocenters. The molecule has 1 aromatic heterocycles. The molecule has 102 valence electrons. The number of hydrogen-bond acceptors (Lipinski definition) is 5. The standard InChI is InChI=1S/C9H12FNO4S3/c10-17(12,13)8-4-5-9(16-8)18(14,15)11-6-2-1-3-7-11/h4-5H,1-3,6-7H2. The Kier molecular flexibility index (Phi) is 3.77. The molecule has 2 rings (SSSR count). The second-order valence-corrected chi connectivity index (χ2v) is 8.80. The number of sulfonamides is 1. The van der Waals surface area contributed by atoms with E-state index in [9.17, 15) is 20.7 Å². The van der Waals surface area contributed by atoms with Crippen LogP contribution in [0.4, 0.5) is 3.89 Å². The van der Waals surface area contributed by atoms with Gasteiger partial charge in [0.15, 0.2) is 4.21 Å².